The molecule has 0 aliphatic heterocycles. The van der Waals surface area contributed by atoms with E-state index in [-0.39, 0.29) is 0 Å². The predicted octanol–water partition coefficient (Wildman–Crippen LogP) is 1.81. The number of nitrogens with zero attached hydrogens (tertiary/aromatic N) is 1. The van der Waals surface area contributed by atoms with Gasteiger partial charge in [0.15, 0.2) is 0 Å². The van der Waals surface area contributed by atoms with Crippen LogP contribution < -0.4 is 0 Å². The van der Waals surface area contributed by atoms with Gasteiger partial charge in [-0.05, 0) is 6.92 Å². The first-order valence-corrected chi connectivity index (χ1v) is 3.86. The summed E-state index contributed by atoms with van der Waals surface area (Å²) in [5, 5.41) is 10.2. The van der Waals surface area contributed by atoms with E-state index in [1.54, 1.807) is 0 Å². The molecule has 0 amide bonds. The van der Waals surface area contributed by atoms with E-state index in [0.29, 0.717) is 0 Å². The predicted molar refractivity (Wildman–Crippen MR) is 41.3 cm³/mol. The standard InChI is InChI=1S/C7H10F3NO3/c1-4(12)3-6(7(8,9)10)5(2)11(13)14/h5-6H,3H2,1-2H3. The van der Waals surface area contributed by atoms with Crippen molar-refractivity contribution in [1.82, 2.24) is 0 Å². The minimum absolute atomic E-state index is 0.707. The summed E-state index contributed by atoms with van der Waals surface area (Å²) in [6.45, 7) is 1.83. The monoisotopic (exact) mass is 213 g/mol. The van der Waals surface area contributed by atoms with Gasteiger partial charge in [0, 0.05) is 18.3 Å². The molecule has 7 heteroatoms. The second kappa shape index (κ2) is 4.39. The van der Waals surface area contributed by atoms with Crippen molar-refractivity contribution in [2.24, 2.45) is 5.92 Å². The molecule has 0 bridgehead atoms. The van der Waals surface area contributed by atoms with Crippen molar-refractivity contribution in [3.63, 3.8) is 0 Å². The van der Waals surface area contributed by atoms with Gasteiger partial charge in [0.05, 0.1) is 0 Å². The van der Waals surface area contributed by atoms with Crippen LogP contribution in [0.15, 0.2) is 0 Å². The topological polar surface area (TPSA) is 60.2 Å². The number of hydrogen-bond acceptors (Lipinski definition) is 3. The lowest BCUT2D eigenvalue weighted by Crippen LogP contribution is -2.38. The zero-order chi connectivity index (χ0) is 11.5. The first kappa shape index (κ1) is 12.9. The van der Waals surface area contributed by atoms with E-state index >= 15 is 0 Å². The lowest BCUT2D eigenvalue weighted by Gasteiger charge is -2.19. The molecule has 2 unspecified atom stereocenters. The number of alkyl halides is 3. The Morgan fingerprint density at radius 2 is 1.93 bits per heavy atom. The largest absolute Gasteiger partial charge is 0.398 e. The third kappa shape index (κ3) is 3.71. The number of ketones is 1. The Kier molecular flexibility index (Phi) is 4.03. The van der Waals surface area contributed by atoms with Gasteiger partial charge in [0.25, 0.3) is 0 Å². The lowest BCUT2D eigenvalue weighted by atomic mass is 9.95. The maximum Gasteiger partial charge on any atom is 0.398 e. The lowest BCUT2D eigenvalue weighted by molar-refractivity contribution is -0.536. The zero-order valence-corrected chi connectivity index (χ0v) is 7.67. The van der Waals surface area contributed by atoms with Crippen molar-refractivity contribution in [1.29, 1.82) is 0 Å². The summed E-state index contributed by atoms with van der Waals surface area (Å²) in [5.41, 5.74) is 0. The van der Waals surface area contributed by atoms with E-state index in [4.69, 9.17) is 0 Å². The third-order valence-corrected chi connectivity index (χ3v) is 1.84. The van der Waals surface area contributed by atoms with Gasteiger partial charge < -0.3 is 4.79 Å². The summed E-state index contributed by atoms with van der Waals surface area (Å²) in [5.74, 6) is -2.91. The van der Waals surface area contributed by atoms with Gasteiger partial charge in [-0.2, -0.15) is 13.2 Å². The Bertz CT molecular complexity index is 239. The van der Waals surface area contributed by atoms with Crippen LogP contribution in [0.4, 0.5) is 13.2 Å². The molecule has 2 atom stereocenters. The minimum Gasteiger partial charge on any atom is -0.300 e. The van der Waals surface area contributed by atoms with Crippen molar-refractivity contribution < 1.29 is 22.9 Å². The Hall–Kier alpha value is -1.14. The minimum atomic E-state index is -4.71. The molecule has 0 aliphatic carbocycles. The number of rotatable bonds is 4. The summed E-state index contributed by atoms with van der Waals surface area (Å²) < 4.78 is 36.7. The number of nitro groups is 1. The van der Waals surface area contributed by atoms with Crippen LogP contribution in [0.2, 0.25) is 0 Å². The Morgan fingerprint density at radius 3 is 2.14 bits per heavy atom. The van der Waals surface area contributed by atoms with Gasteiger partial charge in [-0.1, -0.05) is 0 Å². The normalized spacial score (nSPS) is 16.1. The molecule has 0 rings (SSSR count). The van der Waals surface area contributed by atoms with Crippen LogP contribution in [0.25, 0.3) is 0 Å². The second-order valence-corrected chi connectivity index (χ2v) is 3.08. The van der Waals surface area contributed by atoms with Crippen molar-refractivity contribution >= 4 is 5.78 Å². The van der Waals surface area contributed by atoms with E-state index in [2.05, 4.69) is 0 Å². The van der Waals surface area contributed by atoms with Crippen LogP contribution in [0.3, 0.4) is 0 Å². The summed E-state index contributed by atoms with van der Waals surface area (Å²) >= 11 is 0. The smallest absolute Gasteiger partial charge is 0.300 e. The van der Waals surface area contributed by atoms with Gasteiger partial charge in [0.1, 0.15) is 11.7 Å². The summed E-state index contributed by atoms with van der Waals surface area (Å²) in [4.78, 5) is 19.6. The van der Waals surface area contributed by atoms with Crippen molar-refractivity contribution in [3.8, 4) is 0 Å². The van der Waals surface area contributed by atoms with Crippen molar-refractivity contribution in [2.75, 3.05) is 0 Å². The fourth-order valence-corrected chi connectivity index (χ4v) is 1.02. The highest BCUT2D eigenvalue weighted by atomic mass is 19.4. The molecule has 0 spiro atoms. The van der Waals surface area contributed by atoms with Gasteiger partial charge in [-0.15, -0.1) is 0 Å². The summed E-state index contributed by atoms with van der Waals surface area (Å²) in [6, 6.07) is -1.79. The summed E-state index contributed by atoms with van der Waals surface area (Å²) in [6.07, 6.45) is -5.55. The van der Waals surface area contributed by atoms with E-state index in [1.807, 2.05) is 0 Å². The number of halogens is 3. The molecular weight excluding hydrogens is 203 g/mol. The third-order valence-electron chi connectivity index (χ3n) is 1.84. The Labute approximate surface area is 78.2 Å². The number of carbonyl (C=O) groups excluding carboxylic acids is 1. The molecule has 14 heavy (non-hydrogen) atoms. The van der Waals surface area contributed by atoms with Crippen LogP contribution >= 0.6 is 0 Å². The average Bonchev–Trinajstić information content (AvgIpc) is 1.96. The van der Waals surface area contributed by atoms with Crippen molar-refractivity contribution in [2.45, 2.75) is 32.5 Å². The molecule has 0 aliphatic rings. The molecule has 4 nitrogen and oxygen atoms in total. The fraction of sp³-hybridized carbons (Fsp3) is 0.857. The average molecular weight is 213 g/mol. The SMILES string of the molecule is CC(=O)CC(C(C)[N+](=O)[O-])C(F)(F)F. The first-order valence-electron chi connectivity index (χ1n) is 3.86. The zero-order valence-electron chi connectivity index (χ0n) is 7.67. The molecule has 0 saturated heterocycles. The summed E-state index contributed by atoms with van der Waals surface area (Å²) in [7, 11) is 0. The maximum absolute atomic E-state index is 12.2. The molecule has 0 N–H and O–H groups in total. The number of Topliss-reactive ketones (excluding diaryl/α,β-unsaturated/α-hetero) is 1. The number of carbonyl (C=O) groups is 1. The van der Waals surface area contributed by atoms with E-state index in [9.17, 15) is 28.1 Å². The van der Waals surface area contributed by atoms with E-state index in [1.165, 1.54) is 0 Å². The van der Waals surface area contributed by atoms with E-state index in [0.717, 1.165) is 13.8 Å². The Balaban J connectivity index is 4.73. The highest BCUT2D eigenvalue weighted by molar-refractivity contribution is 5.75. The molecule has 0 heterocycles. The molecule has 0 aromatic rings. The fourth-order valence-electron chi connectivity index (χ4n) is 1.02. The van der Waals surface area contributed by atoms with Crippen LogP contribution in [0.5, 0.6) is 0 Å². The highest BCUT2D eigenvalue weighted by Crippen LogP contribution is 2.32. The molecule has 82 valence electrons. The van der Waals surface area contributed by atoms with E-state index < -0.39 is 35.3 Å². The highest BCUT2D eigenvalue weighted by Gasteiger charge is 2.48. The molecular formula is C7H10F3NO3. The van der Waals surface area contributed by atoms with Gasteiger partial charge >= 0.3 is 6.18 Å². The van der Waals surface area contributed by atoms with Gasteiger partial charge in [-0.25, -0.2) is 0 Å². The van der Waals surface area contributed by atoms with Crippen LogP contribution in [0.1, 0.15) is 20.3 Å². The molecule has 0 aromatic carbocycles. The number of hydrogen-bond donors (Lipinski definition) is 0. The van der Waals surface area contributed by atoms with Crippen molar-refractivity contribution in [3.05, 3.63) is 10.1 Å². The maximum atomic E-state index is 12.2. The molecule has 0 fully saturated rings. The first-order chi connectivity index (χ1) is 6.16. The Morgan fingerprint density at radius 1 is 1.50 bits per heavy atom. The quantitative estimate of drug-likeness (QED) is 0.528. The van der Waals surface area contributed by atoms with Gasteiger partial charge in [-0.3, -0.25) is 10.1 Å². The molecule has 0 aromatic heterocycles. The van der Waals surface area contributed by atoms with Gasteiger partial charge in [0.2, 0.25) is 6.04 Å². The van der Waals surface area contributed by atoms with Crippen LogP contribution in [-0.4, -0.2) is 22.9 Å². The van der Waals surface area contributed by atoms with Crippen LogP contribution in [0, 0.1) is 16.0 Å². The second-order valence-electron chi connectivity index (χ2n) is 3.08. The van der Waals surface area contributed by atoms with Crippen LogP contribution in [-0.2, 0) is 4.79 Å². The molecule has 0 saturated carbocycles. The molecule has 0 radical (unpaired) electrons.